The Morgan fingerprint density at radius 3 is 2.50 bits per heavy atom. The van der Waals surface area contributed by atoms with Gasteiger partial charge in [-0.15, -0.1) is 11.3 Å². The van der Waals surface area contributed by atoms with Gasteiger partial charge in [0.1, 0.15) is 0 Å². The molecule has 0 bridgehead atoms. The molecular formula is C7H7F4NOS. The van der Waals surface area contributed by atoms with Gasteiger partial charge in [0, 0.05) is 11.6 Å². The van der Waals surface area contributed by atoms with Crippen LogP contribution in [-0.2, 0) is 10.7 Å². The number of thiazole rings is 1. The lowest BCUT2D eigenvalue weighted by molar-refractivity contribution is -0.352. The summed E-state index contributed by atoms with van der Waals surface area (Å²) in [5.41, 5.74) is 0. The molecule has 0 fully saturated rings. The number of rotatable bonds is 4. The van der Waals surface area contributed by atoms with Crippen LogP contribution in [0.4, 0.5) is 17.6 Å². The summed E-state index contributed by atoms with van der Waals surface area (Å²) in [6.45, 7) is 0.722. The summed E-state index contributed by atoms with van der Waals surface area (Å²) in [6, 6.07) is 0. The maximum Gasteiger partial charge on any atom is 0.426 e. The Kier molecular flexibility index (Phi) is 3.10. The molecule has 1 aromatic rings. The van der Waals surface area contributed by atoms with Crippen molar-refractivity contribution in [1.29, 1.82) is 0 Å². The highest BCUT2D eigenvalue weighted by Crippen LogP contribution is 2.44. The predicted octanol–water partition coefficient (Wildman–Crippen LogP) is 2.86. The van der Waals surface area contributed by atoms with Crippen LogP contribution in [0.5, 0.6) is 0 Å². The number of nitrogens with zero attached hydrogens (tertiary/aromatic N) is 1. The van der Waals surface area contributed by atoms with Gasteiger partial charge in [-0.3, -0.25) is 0 Å². The molecule has 80 valence electrons. The van der Waals surface area contributed by atoms with E-state index in [1.165, 1.54) is 12.3 Å². The zero-order valence-electron chi connectivity index (χ0n) is 7.14. The monoisotopic (exact) mass is 229 g/mol. The van der Waals surface area contributed by atoms with Crippen molar-refractivity contribution in [1.82, 2.24) is 4.98 Å². The van der Waals surface area contributed by atoms with Crippen LogP contribution in [0, 0.1) is 0 Å². The minimum absolute atomic E-state index is 0.461. The van der Waals surface area contributed by atoms with Gasteiger partial charge in [0.15, 0.2) is 5.01 Å². The van der Waals surface area contributed by atoms with Crippen LogP contribution < -0.4 is 0 Å². The van der Waals surface area contributed by atoms with E-state index in [1.807, 2.05) is 0 Å². The highest BCUT2D eigenvalue weighted by atomic mass is 32.1. The van der Waals surface area contributed by atoms with Crippen LogP contribution in [0.15, 0.2) is 11.6 Å². The van der Waals surface area contributed by atoms with Gasteiger partial charge in [0.2, 0.25) is 0 Å². The predicted molar refractivity (Wildman–Crippen MR) is 42.6 cm³/mol. The third-order valence-electron chi connectivity index (χ3n) is 1.39. The van der Waals surface area contributed by atoms with E-state index in [-0.39, 0.29) is 0 Å². The first-order valence-corrected chi connectivity index (χ1v) is 4.59. The average molecular weight is 229 g/mol. The summed E-state index contributed by atoms with van der Waals surface area (Å²) in [5, 5.41) is 0.251. The van der Waals surface area contributed by atoms with Crippen molar-refractivity contribution in [2.75, 3.05) is 6.61 Å². The van der Waals surface area contributed by atoms with E-state index >= 15 is 0 Å². The van der Waals surface area contributed by atoms with Gasteiger partial charge in [0.05, 0.1) is 6.61 Å². The molecule has 0 aliphatic carbocycles. The highest BCUT2D eigenvalue weighted by molar-refractivity contribution is 7.09. The normalized spacial score (nSPS) is 13.2. The quantitative estimate of drug-likeness (QED) is 0.740. The Morgan fingerprint density at radius 2 is 2.07 bits per heavy atom. The first-order valence-electron chi connectivity index (χ1n) is 3.71. The molecule has 0 saturated carbocycles. The van der Waals surface area contributed by atoms with Gasteiger partial charge in [0.25, 0.3) is 0 Å². The third-order valence-corrected chi connectivity index (χ3v) is 2.23. The summed E-state index contributed by atoms with van der Waals surface area (Å²) in [4.78, 5) is 3.14. The molecule has 0 saturated heterocycles. The van der Waals surface area contributed by atoms with Gasteiger partial charge in [-0.1, -0.05) is 0 Å². The fraction of sp³-hybridized carbons (Fsp3) is 0.571. The van der Waals surface area contributed by atoms with Crippen molar-refractivity contribution in [3.05, 3.63) is 16.6 Å². The lowest BCUT2D eigenvalue weighted by Crippen LogP contribution is -2.40. The van der Waals surface area contributed by atoms with Crippen molar-refractivity contribution in [2.45, 2.75) is 19.0 Å². The lowest BCUT2D eigenvalue weighted by Gasteiger charge is -2.23. The zero-order valence-corrected chi connectivity index (χ0v) is 7.95. The zero-order chi connectivity index (χ0) is 10.8. The first kappa shape index (κ1) is 11.4. The Balaban J connectivity index is 2.94. The molecule has 1 aromatic heterocycles. The molecule has 7 heteroatoms. The minimum Gasteiger partial charge on any atom is -0.316 e. The van der Waals surface area contributed by atoms with Crippen LogP contribution in [0.25, 0.3) is 0 Å². The Hall–Kier alpha value is -0.690. The van der Waals surface area contributed by atoms with E-state index in [1.54, 1.807) is 0 Å². The summed E-state index contributed by atoms with van der Waals surface area (Å²) >= 11 is 0.461. The molecule has 0 aliphatic rings. The summed E-state index contributed by atoms with van der Waals surface area (Å²) in [5.74, 6) is -4.38. The number of hydrogen-bond donors (Lipinski definition) is 0. The molecule has 1 heterocycles. The van der Waals surface area contributed by atoms with E-state index in [4.69, 9.17) is 0 Å². The number of alkyl halides is 4. The van der Waals surface area contributed by atoms with E-state index < -0.39 is 23.6 Å². The topological polar surface area (TPSA) is 22.1 Å². The van der Waals surface area contributed by atoms with Gasteiger partial charge in [-0.05, 0) is 6.92 Å². The molecule has 0 spiro atoms. The van der Waals surface area contributed by atoms with Gasteiger partial charge >= 0.3 is 12.0 Å². The van der Waals surface area contributed by atoms with Gasteiger partial charge in [-0.25, -0.2) is 4.98 Å². The maximum atomic E-state index is 13.0. The molecule has 0 aromatic carbocycles. The van der Waals surface area contributed by atoms with Crippen molar-refractivity contribution in [2.24, 2.45) is 0 Å². The number of aromatic nitrogens is 1. The van der Waals surface area contributed by atoms with E-state index in [0.29, 0.717) is 11.3 Å². The second kappa shape index (κ2) is 3.82. The molecule has 1 rings (SSSR count). The Bertz CT molecular complexity index is 288. The van der Waals surface area contributed by atoms with Crippen LogP contribution in [0.1, 0.15) is 11.9 Å². The largest absolute Gasteiger partial charge is 0.426 e. The smallest absolute Gasteiger partial charge is 0.316 e. The van der Waals surface area contributed by atoms with Crippen molar-refractivity contribution < 1.29 is 22.3 Å². The fourth-order valence-corrected chi connectivity index (χ4v) is 1.41. The standard InChI is InChI=1S/C7H7F4NOS/c1-2-13-7(10,11)6(8,9)5-12-3-4-14-5/h3-4H,2H2,1H3. The molecule has 0 unspecified atom stereocenters. The fourth-order valence-electron chi connectivity index (χ4n) is 0.775. The van der Waals surface area contributed by atoms with Crippen LogP contribution >= 0.6 is 11.3 Å². The van der Waals surface area contributed by atoms with Gasteiger partial charge in [-0.2, -0.15) is 17.6 Å². The third kappa shape index (κ3) is 1.88. The summed E-state index contributed by atoms with van der Waals surface area (Å²) < 4.78 is 55.3. The Labute approximate surface area is 81.5 Å². The Morgan fingerprint density at radius 1 is 1.43 bits per heavy atom. The lowest BCUT2D eigenvalue weighted by atomic mass is 10.3. The van der Waals surface area contributed by atoms with E-state index in [0.717, 1.165) is 6.20 Å². The molecule has 0 aliphatic heterocycles. The number of hydrogen-bond acceptors (Lipinski definition) is 3. The van der Waals surface area contributed by atoms with Crippen molar-refractivity contribution in [3.63, 3.8) is 0 Å². The van der Waals surface area contributed by atoms with Crippen molar-refractivity contribution >= 4 is 11.3 Å². The SMILES string of the molecule is CCOC(F)(F)C(F)(F)c1nccs1. The molecular weight excluding hydrogens is 222 g/mol. The number of halogens is 4. The maximum absolute atomic E-state index is 13.0. The molecule has 14 heavy (non-hydrogen) atoms. The van der Waals surface area contributed by atoms with Crippen LogP contribution in [0.3, 0.4) is 0 Å². The molecule has 2 nitrogen and oxygen atoms in total. The van der Waals surface area contributed by atoms with Crippen LogP contribution in [0.2, 0.25) is 0 Å². The first-order chi connectivity index (χ1) is 6.42. The summed E-state index contributed by atoms with van der Waals surface area (Å²) in [6.07, 6.45) is -3.48. The second-order valence-electron chi connectivity index (χ2n) is 2.36. The average Bonchev–Trinajstić information content (AvgIpc) is 2.55. The van der Waals surface area contributed by atoms with Crippen LogP contribution in [-0.4, -0.2) is 17.7 Å². The highest BCUT2D eigenvalue weighted by Gasteiger charge is 2.60. The molecule has 0 radical (unpaired) electrons. The minimum atomic E-state index is -4.51. The van der Waals surface area contributed by atoms with Gasteiger partial charge < -0.3 is 4.74 Å². The summed E-state index contributed by atoms with van der Waals surface area (Å²) in [7, 11) is 0. The second-order valence-corrected chi connectivity index (χ2v) is 3.26. The molecule has 0 amide bonds. The molecule has 0 N–H and O–H groups in total. The van der Waals surface area contributed by atoms with E-state index in [2.05, 4.69) is 9.72 Å². The van der Waals surface area contributed by atoms with E-state index in [9.17, 15) is 17.6 Å². The van der Waals surface area contributed by atoms with Crippen molar-refractivity contribution in [3.8, 4) is 0 Å². The number of ether oxygens (including phenoxy) is 1. The molecule has 0 atom stereocenters.